The molecule has 0 atom stereocenters. The first-order valence-electron chi connectivity index (χ1n) is 2.39. The van der Waals surface area contributed by atoms with Crippen molar-refractivity contribution >= 4 is 0 Å². The van der Waals surface area contributed by atoms with Gasteiger partial charge in [0.05, 0.1) is 13.2 Å². The lowest BCUT2D eigenvalue weighted by atomic mass is 10.3. The van der Waals surface area contributed by atoms with E-state index in [-0.39, 0.29) is 0 Å². The molecular formula is C6H8O. The fourth-order valence-electron chi connectivity index (χ4n) is 0.602. The monoisotopic (exact) mass is 96.1 g/mol. The summed E-state index contributed by atoms with van der Waals surface area (Å²) in [5, 5.41) is 0. The van der Waals surface area contributed by atoms with E-state index >= 15 is 0 Å². The average molecular weight is 96.1 g/mol. The maximum atomic E-state index is 5.01. The second-order valence-electron chi connectivity index (χ2n) is 1.58. The topological polar surface area (TPSA) is 9.23 Å². The van der Waals surface area contributed by atoms with Crippen LogP contribution < -0.4 is 0 Å². The molecule has 0 saturated carbocycles. The lowest BCUT2D eigenvalue weighted by Crippen LogP contribution is -1.77. The quantitative estimate of drug-likeness (QED) is 0.410. The molecule has 0 amide bonds. The van der Waals surface area contributed by atoms with Crippen molar-refractivity contribution in [3.8, 4) is 0 Å². The van der Waals surface area contributed by atoms with Crippen molar-refractivity contribution in [1.29, 1.82) is 0 Å². The van der Waals surface area contributed by atoms with E-state index in [1.165, 1.54) is 5.57 Å². The maximum Gasteiger partial charge on any atom is 0.0751 e. The van der Waals surface area contributed by atoms with Gasteiger partial charge in [-0.2, -0.15) is 0 Å². The molecule has 1 aliphatic rings. The molecule has 0 aromatic carbocycles. The van der Waals surface area contributed by atoms with Gasteiger partial charge in [-0.1, -0.05) is 6.58 Å². The Hall–Kier alpha value is -0.520. The van der Waals surface area contributed by atoms with Crippen molar-refractivity contribution in [1.82, 2.24) is 0 Å². The molecule has 1 saturated heterocycles. The highest BCUT2D eigenvalue weighted by Crippen LogP contribution is 2.07. The fourth-order valence-corrected chi connectivity index (χ4v) is 0.602. The first-order valence-corrected chi connectivity index (χ1v) is 2.39. The summed E-state index contributed by atoms with van der Waals surface area (Å²) in [5.74, 6) is 0. The summed E-state index contributed by atoms with van der Waals surface area (Å²) in [6.45, 7) is 5.11. The van der Waals surface area contributed by atoms with Crippen LogP contribution in [0.3, 0.4) is 0 Å². The first-order chi connectivity index (χ1) is 3.43. The Kier molecular flexibility index (Phi) is 1.30. The van der Waals surface area contributed by atoms with Crippen molar-refractivity contribution in [3.05, 3.63) is 17.9 Å². The van der Waals surface area contributed by atoms with E-state index in [2.05, 4.69) is 12.3 Å². The van der Waals surface area contributed by atoms with Crippen LogP contribution in [-0.4, -0.2) is 13.2 Å². The van der Waals surface area contributed by atoms with E-state index in [0.29, 0.717) is 0 Å². The van der Waals surface area contributed by atoms with Gasteiger partial charge in [-0.15, -0.1) is 5.73 Å². The Morgan fingerprint density at radius 2 is 2.57 bits per heavy atom. The summed E-state index contributed by atoms with van der Waals surface area (Å²) in [6, 6.07) is 0. The van der Waals surface area contributed by atoms with Gasteiger partial charge in [0.25, 0.3) is 0 Å². The van der Waals surface area contributed by atoms with E-state index in [9.17, 15) is 0 Å². The van der Waals surface area contributed by atoms with Gasteiger partial charge in [0.15, 0.2) is 0 Å². The second kappa shape index (κ2) is 1.97. The van der Waals surface area contributed by atoms with Crippen LogP contribution in [0.5, 0.6) is 0 Å². The molecule has 38 valence electrons. The van der Waals surface area contributed by atoms with Gasteiger partial charge in [-0.05, 0) is 5.57 Å². The molecule has 1 heteroatoms. The lowest BCUT2D eigenvalue weighted by molar-refractivity contribution is 0.205. The third kappa shape index (κ3) is 0.923. The zero-order valence-electron chi connectivity index (χ0n) is 4.24. The molecule has 1 aliphatic heterocycles. The Labute approximate surface area is 43.3 Å². The van der Waals surface area contributed by atoms with Crippen LogP contribution in [0.4, 0.5) is 0 Å². The van der Waals surface area contributed by atoms with Crippen molar-refractivity contribution < 1.29 is 4.74 Å². The van der Waals surface area contributed by atoms with Gasteiger partial charge in [0.2, 0.25) is 0 Å². The normalized spacial score (nSPS) is 19.7. The van der Waals surface area contributed by atoms with Crippen LogP contribution in [-0.2, 0) is 4.74 Å². The van der Waals surface area contributed by atoms with Gasteiger partial charge >= 0.3 is 0 Å². The van der Waals surface area contributed by atoms with Crippen LogP contribution in [0.2, 0.25) is 0 Å². The molecule has 1 rings (SSSR count). The highest BCUT2D eigenvalue weighted by molar-refractivity contribution is 5.02. The minimum Gasteiger partial charge on any atom is -0.376 e. The van der Waals surface area contributed by atoms with Gasteiger partial charge in [-0.3, -0.25) is 0 Å². The largest absolute Gasteiger partial charge is 0.376 e. The molecule has 1 heterocycles. The molecule has 0 aromatic heterocycles. The number of hydrogen-bond acceptors (Lipinski definition) is 1. The highest BCUT2D eigenvalue weighted by atomic mass is 16.5. The Morgan fingerprint density at radius 3 is 2.86 bits per heavy atom. The Bertz CT molecular complexity index is 101. The standard InChI is InChI=1S/C6H8O/c1-2-6-3-4-7-5-6/h1,3-5H2. The van der Waals surface area contributed by atoms with Crippen molar-refractivity contribution in [2.24, 2.45) is 0 Å². The van der Waals surface area contributed by atoms with Crippen LogP contribution in [0.1, 0.15) is 6.42 Å². The first kappa shape index (κ1) is 4.63. The summed E-state index contributed by atoms with van der Waals surface area (Å²) in [5.41, 5.74) is 4.01. The van der Waals surface area contributed by atoms with Crippen molar-refractivity contribution in [2.45, 2.75) is 6.42 Å². The molecule has 7 heavy (non-hydrogen) atoms. The lowest BCUT2D eigenvalue weighted by Gasteiger charge is -1.79. The second-order valence-corrected chi connectivity index (χ2v) is 1.58. The molecule has 0 aliphatic carbocycles. The molecule has 0 aromatic rings. The van der Waals surface area contributed by atoms with Crippen LogP contribution in [0.15, 0.2) is 17.9 Å². The van der Waals surface area contributed by atoms with Crippen LogP contribution in [0, 0.1) is 0 Å². The van der Waals surface area contributed by atoms with Gasteiger partial charge in [0, 0.05) is 6.42 Å². The molecular weight excluding hydrogens is 88.1 g/mol. The van der Waals surface area contributed by atoms with E-state index in [1.807, 2.05) is 0 Å². The van der Waals surface area contributed by atoms with Gasteiger partial charge < -0.3 is 4.74 Å². The van der Waals surface area contributed by atoms with Crippen molar-refractivity contribution in [2.75, 3.05) is 13.2 Å². The zero-order valence-corrected chi connectivity index (χ0v) is 4.24. The number of rotatable bonds is 0. The third-order valence-corrected chi connectivity index (χ3v) is 1.07. The van der Waals surface area contributed by atoms with E-state index in [1.54, 1.807) is 0 Å². The SMILES string of the molecule is C=C=C1CCOC1. The number of hydrogen-bond donors (Lipinski definition) is 0. The summed E-state index contributed by atoms with van der Waals surface area (Å²) >= 11 is 0. The molecule has 0 radical (unpaired) electrons. The minimum atomic E-state index is 0.753. The number of ether oxygens (including phenoxy) is 1. The summed E-state index contributed by atoms with van der Waals surface area (Å²) in [7, 11) is 0. The van der Waals surface area contributed by atoms with Crippen molar-refractivity contribution in [3.63, 3.8) is 0 Å². The molecule has 1 fully saturated rings. The third-order valence-electron chi connectivity index (χ3n) is 1.07. The minimum absolute atomic E-state index is 0.753. The van der Waals surface area contributed by atoms with Crippen LogP contribution in [0.25, 0.3) is 0 Å². The smallest absolute Gasteiger partial charge is 0.0751 e. The summed E-state index contributed by atoms with van der Waals surface area (Å²) in [6.07, 6.45) is 1.03. The summed E-state index contributed by atoms with van der Waals surface area (Å²) in [4.78, 5) is 0. The van der Waals surface area contributed by atoms with E-state index in [0.717, 1.165) is 19.6 Å². The van der Waals surface area contributed by atoms with Gasteiger partial charge in [-0.25, -0.2) is 0 Å². The molecule has 0 N–H and O–H groups in total. The molecule has 0 bridgehead atoms. The Balaban J connectivity index is 2.57. The average Bonchev–Trinajstić information content (AvgIpc) is 2.14. The van der Waals surface area contributed by atoms with Gasteiger partial charge in [0.1, 0.15) is 0 Å². The summed E-state index contributed by atoms with van der Waals surface area (Å²) < 4.78 is 5.01. The van der Waals surface area contributed by atoms with E-state index in [4.69, 9.17) is 4.74 Å². The zero-order chi connectivity index (χ0) is 5.11. The highest BCUT2D eigenvalue weighted by Gasteiger charge is 2.03. The Morgan fingerprint density at radius 1 is 1.71 bits per heavy atom. The fraction of sp³-hybridized carbons (Fsp3) is 0.500. The van der Waals surface area contributed by atoms with E-state index < -0.39 is 0 Å². The molecule has 0 unspecified atom stereocenters. The maximum absolute atomic E-state index is 5.01. The molecule has 0 spiro atoms. The van der Waals surface area contributed by atoms with Crippen LogP contribution >= 0.6 is 0 Å². The predicted octanol–water partition coefficient (Wildman–Crippen LogP) is 1.12. The molecule has 1 nitrogen and oxygen atoms in total. The predicted molar refractivity (Wildman–Crippen MR) is 28.1 cm³/mol.